The van der Waals surface area contributed by atoms with Crippen LogP contribution in [0, 0.1) is 0 Å². The molecular formula is C13H12BrNO3. The zero-order valence-corrected chi connectivity index (χ0v) is 11.4. The van der Waals surface area contributed by atoms with Crippen LogP contribution in [-0.2, 0) is 16.1 Å². The van der Waals surface area contributed by atoms with Crippen LogP contribution in [0.25, 0.3) is 10.8 Å². The molecule has 4 nitrogen and oxygen atoms in total. The number of fused-ring (bicyclic) bond motifs is 1. The van der Waals surface area contributed by atoms with E-state index in [0.717, 1.165) is 9.86 Å². The Morgan fingerprint density at radius 3 is 2.89 bits per heavy atom. The molecule has 2 aromatic rings. The minimum Gasteiger partial charge on any atom is -0.465 e. The quantitative estimate of drug-likeness (QED) is 0.818. The second kappa shape index (κ2) is 5.35. The lowest BCUT2D eigenvalue weighted by atomic mass is 10.2. The summed E-state index contributed by atoms with van der Waals surface area (Å²) in [6.07, 6.45) is 1.61. The molecule has 0 N–H and O–H groups in total. The van der Waals surface area contributed by atoms with Crippen LogP contribution in [0.1, 0.15) is 6.92 Å². The van der Waals surface area contributed by atoms with Gasteiger partial charge in [0.1, 0.15) is 6.54 Å². The summed E-state index contributed by atoms with van der Waals surface area (Å²) in [7, 11) is 0. The van der Waals surface area contributed by atoms with Gasteiger partial charge in [0.2, 0.25) is 0 Å². The van der Waals surface area contributed by atoms with E-state index in [1.165, 1.54) is 4.57 Å². The van der Waals surface area contributed by atoms with Crippen molar-refractivity contribution in [2.45, 2.75) is 13.5 Å². The van der Waals surface area contributed by atoms with Crippen LogP contribution in [0.3, 0.4) is 0 Å². The third kappa shape index (κ3) is 2.61. The number of carbonyl (C=O) groups is 1. The molecule has 18 heavy (non-hydrogen) atoms. The number of aromatic nitrogens is 1. The summed E-state index contributed by atoms with van der Waals surface area (Å²) in [4.78, 5) is 23.5. The highest BCUT2D eigenvalue weighted by molar-refractivity contribution is 9.10. The molecule has 0 amide bonds. The molecule has 0 bridgehead atoms. The molecule has 0 aliphatic rings. The van der Waals surface area contributed by atoms with Gasteiger partial charge in [0, 0.05) is 16.1 Å². The van der Waals surface area contributed by atoms with Gasteiger partial charge < -0.3 is 9.30 Å². The average molecular weight is 310 g/mol. The van der Waals surface area contributed by atoms with E-state index in [-0.39, 0.29) is 12.1 Å². The highest BCUT2D eigenvalue weighted by atomic mass is 79.9. The number of hydrogen-bond acceptors (Lipinski definition) is 3. The van der Waals surface area contributed by atoms with Gasteiger partial charge in [-0.25, -0.2) is 0 Å². The fraction of sp³-hybridized carbons (Fsp3) is 0.231. The van der Waals surface area contributed by atoms with Gasteiger partial charge >= 0.3 is 5.97 Å². The maximum absolute atomic E-state index is 12.1. The topological polar surface area (TPSA) is 48.3 Å². The summed E-state index contributed by atoms with van der Waals surface area (Å²) in [5.74, 6) is -0.406. The molecule has 0 saturated heterocycles. The van der Waals surface area contributed by atoms with Crippen molar-refractivity contribution < 1.29 is 9.53 Å². The van der Waals surface area contributed by atoms with Crippen LogP contribution in [0.5, 0.6) is 0 Å². The van der Waals surface area contributed by atoms with Crippen LogP contribution in [0.2, 0.25) is 0 Å². The zero-order valence-electron chi connectivity index (χ0n) is 9.85. The molecule has 5 heteroatoms. The van der Waals surface area contributed by atoms with Gasteiger partial charge in [-0.15, -0.1) is 0 Å². The second-order valence-corrected chi connectivity index (χ2v) is 4.70. The van der Waals surface area contributed by atoms with Gasteiger partial charge in [-0.2, -0.15) is 0 Å². The molecule has 1 aromatic heterocycles. The van der Waals surface area contributed by atoms with Gasteiger partial charge in [0.15, 0.2) is 0 Å². The number of hydrogen-bond donors (Lipinski definition) is 0. The number of halogens is 1. The molecule has 1 heterocycles. The van der Waals surface area contributed by atoms with Crippen molar-refractivity contribution >= 4 is 32.7 Å². The summed E-state index contributed by atoms with van der Waals surface area (Å²) in [5, 5.41) is 1.43. The summed E-state index contributed by atoms with van der Waals surface area (Å²) >= 11 is 3.35. The van der Waals surface area contributed by atoms with Crippen molar-refractivity contribution in [1.82, 2.24) is 4.57 Å². The van der Waals surface area contributed by atoms with Gasteiger partial charge in [0.05, 0.1) is 6.61 Å². The molecule has 0 aliphatic heterocycles. The lowest BCUT2D eigenvalue weighted by Crippen LogP contribution is -2.24. The van der Waals surface area contributed by atoms with Crippen molar-refractivity contribution in [1.29, 1.82) is 0 Å². The number of benzene rings is 1. The lowest BCUT2D eigenvalue weighted by molar-refractivity contribution is -0.143. The van der Waals surface area contributed by atoms with Crippen molar-refractivity contribution in [3.05, 3.63) is 45.3 Å². The van der Waals surface area contributed by atoms with E-state index in [9.17, 15) is 9.59 Å². The SMILES string of the molecule is CCOC(=O)Cn1ccc2cc(Br)ccc2c1=O. The Hall–Kier alpha value is -1.62. The number of carbonyl (C=O) groups excluding carboxylic acids is 1. The summed E-state index contributed by atoms with van der Waals surface area (Å²) < 4.78 is 7.10. The molecular weight excluding hydrogens is 298 g/mol. The third-order valence-corrected chi connectivity index (χ3v) is 3.04. The number of ether oxygens (including phenoxy) is 1. The Bertz CT molecular complexity index is 648. The predicted octanol–water partition coefficient (Wildman–Crippen LogP) is 2.33. The first kappa shape index (κ1) is 12.8. The summed E-state index contributed by atoms with van der Waals surface area (Å²) in [5.41, 5.74) is -0.187. The fourth-order valence-electron chi connectivity index (χ4n) is 1.73. The normalized spacial score (nSPS) is 10.6. The number of esters is 1. The number of pyridine rings is 1. The van der Waals surface area contributed by atoms with E-state index in [1.54, 1.807) is 31.3 Å². The van der Waals surface area contributed by atoms with Crippen LogP contribution < -0.4 is 5.56 Å². The smallest absolute Gasteiger partial charge is 0.326 e. The van der Waals surface area contributed by atoms with E-state index in [2.05, 4.69) is 15.9 Å². The highest BCUT2D eigenvalue weighted by Gasteiger charge is 2.07. The minimum absolute atomic E-state index is 0.0569. The zero-order chi connectivity index (χ0) is 13.1. The first-order valence-electron chi connectivity index (χ1n) is 5.56. The molecule has 0 unspecified atom stereocenters. The van der Waals surface area contributed by atoms with E-state index < -0.39 is 5.97 Å². The maximum atomic E-state index is 12.1. The molecule has 2 rings (SSSR count). The first-order valence-corrected chi connectivity index (χ1v) is 6.35. The van der Waals surface area contributed by atoms with Crippen LogP contribution in [-0.4, -0.2) is 17.1 Å². The van der Waals surface area contributed by atoms with Gasteiger partial charge in [0.25, 0.3) is 5.56 Å². The molecule has 0 fully saturated rings. The molecule has 0 saturated carbocycles. The molecule has 0 aliphatic carbocycles. The van der Waals surface area contributed by atoms with Crippen molar-refractivity contribution in [3.63, 3.8) is 0 Å². The highest BCUT2D eigenvalue weighted by Crippen LogP contribution is 2.16. The Balaban J connectivity index is 2.42. The van der Waals surface area contributed by atoms with E-state index in [0.29, 0.717) is 12.0 Å². The van der Waals surface area contributed by atoms with Crippen LogP contribution >= 0.6 is 15.9 Å². The van der Waals surface area contributed by atoms with Crippen molar-refractivity contribution in [2.75, 3.05) is 6.61 Å². The molecule has 0 spiro atoms. The fourth-order valence-corrected chi connectivity index (χ4v) is 2.11. The molecule has 1 aromatic carbocycles. The first-order chi connectivity index (χ1) is 8.61. The average Bonchev–Trinajstić information content (AvgIpc) is 2.33. The third-order valence-electron chi connectivity index (χ3n) is 2.54. The summed E-state index contributed by atoms with van der Waals surface area (Å²) in [6, 6.07) is 7.22. The van der Waals surface area contributed by atoms with E-state index >= 15 is 0 Å². The summed E-state index contributed by atoms with van der Waals surface area (Å²) in [6.45, 7) is 1.99. The van der Waals surface area contributed by atoms with Crippen molar-refractivity contribution in [3.8, 4) is 0 Å². The molecule has 94 valence electrons. The van der Waals surface area contributed by atoms with Crippen LogP contribution in [0.15, 0.2) is 39.7 Å². The van der Waals surface area contributed by atoms with Gasteiger partial charge in [-0.3, -0.25) is 9.59 Å². The molecule has 0 radical (unpaired) electrons. The second-order valence-electron chi connectivity index (χ2n) is 3.79. The monoisotopic (exact) mass is 309 g/mol. The Labute approximate surface area is 112 Å². The Morgan fingerprint density at radius 1 is 1.39 bits per heavy atom. The lowest BCUT2D eigenvalue weighted by Gasteiger charge is -2.06. The van der Waals surface area contributed by atoms with Gasteiger partial charge in [-0.1, -0.05) is 15.9 Å². The predicted molar refractivity (Wildman–Crippen MR) is 72.5 cm³/mol. The molecule has 0 atom stereocenters. The number of nitrogens with zero attached hydrogens (tertiary/aromatic N) is 1. The standard InChI is InChI=1S/C13H12BrNO3/c1-2-18-12(16)8-15-6-5-9-7-10(14)3-4-11(9)13(15)17/h3-7H,2,8H2,1H3. The van der Waals surface area contributed by atoms with E-state index in [4.69, 9.17) is 4.74 Å². The minimum atomic E-state index is -0.406. The van der Waals surface area contributed by atoms with Gasteiger partial charge in [-0.05, 0) is 36.6 Å². The Kier molecular flexibility index (Phi) is 3.81. The van der Waals surface area contributed by atoms with Crippen molar-refractivity contribution in [2.24, 2.45) is 0 Å². The Morgan fingerprint density at radius 2 is 2.17 bits per heavy atom. The van der Waals surface area contributed by atoms with Crippen LogP contribution in [0.4, 0.5) is 0 Å². The largest absolute Gasteiger partial charge is 0.465 e. The van der Waals surface area contributed by atoms with E-state index in [1.807, 2.05) is 6.07 Å². The maximum Gasteiger partial charge on any atom is 0.326 e. The number of rotatable bonds is 3.